The van der Waals surface area contributed by atoms with Crippen molar-refractivity contribution in [2.24, 2.45) is 0 Å². The number of anilines is 1. The SMILES string of the molecule is Cc1nn(-c2ccc(C(F)(F)F)cn2)c(N)c1C. The highest BCUT2D eigenvalue weighted by molar-refractivity contribution is 5.47. The molecule has 0 unspecified atom stereocenters. The summed E-state index contributed by atoms with van der Waals surface area (Å²) >= 11 is 0. The molecular formula is C11H11F3N4. The van der Waals surface area contributed by atoms with Crippen molar-refractivity contribution in [3.63, 3.8) is 0 Å². The summed E-state index contributed by atoms with van der Waals surface area (Å²) in [6.07, 6.45) is -3.63. The van der Waals surface area contributed by atoms with E-state index in [0.29, 0.717) is 11.5 Å². The topological polar surface area (TPSA) is 56.7 Å². The third-order valence-electron chi connectivity index (χ3n) is 2.70. The van der Waals surface area contributed by atoms with Gasteiger partial charge in [-0.25, -0.2) is 4.98 Å². The zero-order valence-electron chi connectivity index (χ0n) is 9.78. The van der Waals surface area contributed by atoms with Crippen molar-refractivity contribution < 1.29 is 13.2 Å². The number of nitrogens with zero attached hydrogens (tertiary/aromatic N) is 3. The molecule has 0 bridgehead atoms. The second-order valence-electron chi connectivity index (χ2n) is 3.91. The molecule has 0 aliphatic heterocycles. The average molecular weight is 256 g/mol. The maximum absolute atomic E-state index is 12.4. The monoisotopic (exact) mass is 256 g/mol. The summed E-state index contributed by atoms with van der Waals surface area (Å²) in [5.74, 6) is 0.636. The van der Waals surface area contributed by atoms with Gasteiger partial charge in [0.2, 0.25) is 0 Å². The fourth-order valence-corrected chi connectivity index (χ4v) is 1.48. The molecule has 7 heteroatoms. The van der Waals surface area contributed by atoms with Gasteiger partial charge in [0.15, 0.2) is 5.82 Å². The Bertz CT molecular complexity index is 569. The van der Waals surface area contributed by atoms with Crippen LogP contribution in [0.25, 0.3) is 5.82 Å². The number of rotatable bonds is 1. The number of aromatic nitrogens is 3. The molecule has 4 nitrogen and oxygen atoms in total. The number of nitrogens with two attached hydrogens (primary N) is 1. The van der Waals surface area contributed by atoms with Gasteiger partial charge in [0.1, 0.15) is 5.82 Å². The summed E-state index contributed by atoms with van der Waals surface area (Å²) in [4.78, 5) is 3.73. The standard InChI is InChI=1S/C11H11F3N4/c1-6-7(2)17-18(10(6)15)9-4-3-8(5-16-9)11(12,13)14/h3-5H,15H2,1-2H3. The zero-order valence-corrected chi connectivity index (χ0v) is 9.78. The summed E-state index contributed by atoms with van der Waals surface area (Å²) in [5.41, 5.74) is 6.50. The van der Waals surface area contributed by atoms with Crippen LogP contribution in [0.4, 0.5) is 19.0 Å². The smallest absolute Gasteiger partial charge is 0.383 e. The normalized spacial score (nSPS) is 11.8. The molecule has 0 amide bonds. The Morgan fingerprint density at radius 1 is 1.22 bits per heavy atom. The van der Waals surface area contributed by atoms with Gasteiger partial charge in [0, 0.05) is 11.8 Å². The van der Waals surface area contributed by atoms with Crippen molar-refractivity contribution in [2.45, 2.75) is 20.0 Å². The van der Waals surface area contributed by atoms with Gasteiger partial charge < -0.3 is 5.73 Å². The van der Waals surface area contributed by atoms with Crippen LogP contribution in [0.15, 0.2) is 18.3 Å². The van der Waals surface area contributed by atoms with Crippen molar-refractivity contribution in [1.82, 2.24) is 14.8 Å². The summed E-state index contributed by atoms with van der Waals surface area (Å²) in [5, 5.41) is 4.12. The van der Waals surface area contributed by atoms with Crippen molar-refractivity contribution in [3.05, 3.63) is 35.2 Å². The molecule has 2 N–H and O–H groups in total. The predicted molar refractivity (Wildman–Crippen MR) is 60.2 cm³/mol. The lowest BCUT2D eigenvalue weighted by atomic mass is 10.2. The Kier molecular flexibility index (Phi) is 2.76. The number of nitrogen functional groups attached to an aromatic ring is 1. The molecule has 0 radical (unpaired) electrons. The van der Waals surface area contributed by atoms with E-state index in [1.807, 2.05) is 0 Å². The first-order valence-electron chi connectivity index (χ1n) is 5.16. The second kappa shape index (κ2) is 4.01. The molecule has 0 fully saturated rings. The molecule has 2 aromatic heterocycles. The molecule has 2 rings (SSSR count). The average Bonchev–Trinajstić information content (AvgIpc) is 2.56. The molecule has 0 aliphatic carbocycles. The van der Waals surface area contributed by atoms with Crippen LogP contribution in [0, 0.1) is 13.8 Å². The lowest BCUT2D eigenvalue weighted by Gasteiger charge is -2.07. The molecule has 18 heavy (non-hydrogen) atoms. The Morgan fingerprint density at radius 2 is 1.89 bits per heavy atom. The minimum atomic E-state index is -4.40. The molecule has 2 aromatic rings. The van der Waals surface area contributed by atoms with Crippen LogP contribution in [0.5, 0.6) is 0 Å². The van der Waals surface area contributed by atoms with E-state index >= 15 is 0 Å². The van der Waals surface area contributed by atoms with Gasteiger partial charge in [-0.15, -0.1) is 0 Å². The van der Waals surface area contributed by atoms with Gasteiger partial charge in [-0.05, 0) is 26.0 Å². The molecule has 0 atom stereocenters. The van der Waals surface area contributed by atoms with Gasteiger partial charge in [-0.2, -0.15) is 23.0 Å². The van der Waals surface area contributed by atoms with Crippen LogP contribution in [0.3, 0.4) is 0 Å². The number of halogens is 3. The Balaban J connectivity index is 2.44. The van der Waals surface area contributed by atoms with Crippen molar-refractivity contribution >= 4 is 5.82 Å². The quantitative estimate of drug-likeness (QED) is 0.852. The third kappa shape index (κ3) is 2.03. The van der Waals surface area contributed by atoms with Crippen molar-refractivity contribution in [2.75, 3.05) is 5.73 Å². The Morgan fingerprint density at radius 3 is 2.28 bits per heavy atom. The van der Waals surface area contributed by atoms with Crippen molar-refractivity contribution in [3.8, 4) is 5.82 Å². The van der Waals surface area contributed by atoms with Crippen LogP contribution in [-0.4, -0.2) is 14.8 Å². The van der Waals surface area contributed by atoms with E-state index in [2.05, 4.69) is 10.1 Å². The van der Waals surface area contributed by atoms with Crippen LogP contribution in [0.2, 0.25) is 0 Å². The van der Waals surface area contributed by atoms with Crippen molar-refractivity contribution in [1.29, 1.82) is 0 Å². The summed E-state index contributed by atoms with van der Waals surface area (Å²) in [6, 6.07) is 2.19. The first kappa shape index (κ1) is 12.4. The number of pyridine rings is 1. The van der Waals surface area contributed by atoms with E-state index in [0.717, 1.165) is 17.8 Å². The molecule has 0 aliphatic rings. The number of alkyl halides is 3. The van der Waals surface area contributed by atoms with Crippen LogP contribution in [0.1, 0.15) is 16.8 Å². The van der Waals surface area contributed by atoms with Gasteiger partial charge in [-0.1, -0.05) is 0 Å². The molecule has 0 saturated heterocycles. The molecule has 96 valence electrons. The number of aryl methyl sites for hydroxylation is 1. The minimum Gasteiger partial charge on any atom is -0.383 e. The predicted octanol–water partition coefficient (Wildman–Crippen LogP) is 2.49. The lowest BCUT2D eigenvalue weighted by Crippen LogP contribution is -2.08. The molecule has 2 heterocycles. The van der Waals surface area contributed by atoms with E-state index in [9.17, 15) is 13.2 Å². The van der Waals surface area contributed by atoms with E-state index in [1.165, 1.54) is 10.7 Å². The largest absolute Gasteiger partial charge is 0.417 e. The van der Waals surface area contributed by atoms with Gasteiger partial charge in [-0.3, -0.25) is 0 Å². The highest BCUT2D eigenvalue weighted by Crippen LogP contribution is 2.29. The van der Waals surface area contributed by atoms with E-state index in [4.69, 9.17) is 5.73 Å². The highest BCUT2D eigenvalue weighted by Gasteiger charge is 2.30. The van der Waals surface area contributed by atoms with E-state index in [1.54, 1.807) is 13.8 Å². The Hall–Kier alpha value is -2.05. The van der Waals surface area contributed by atoms with Gasteiger partial charge in [0.05, 0.1) is 11.3 Å². The van der Waals surface area contributed by atoms with Gasteiger partial charge >= 0.3 is 6.18 Å². The summed E-state index contributed by atoms with van der Waals surface area (Å²) in [6.45, 7) is 3.56. The van der Waals surface area contributed by atoms with E-state index in [-0.39, 0.29) is 5.82 Å². The summed E-state index contributed by atoms with van der Waals surface area (Å²) in [7, 11) is 0. The lowest BCUT2D eigenvalue weighted by molar-refractivity contribution is -0.137. The fourth-order valence-electron chi connectivity index (χ4n) is 1.48. The maximum Gasteiger partial charge on any atom is 0.417 e. The van der Waals surface area contributed by atoms with Crippen LogP contribution in [-0.2, 0) is 6.18 Å². The highest BCUT2D eigenvalue weighted by atomic mass is 19.4. The third-order valence-corrected chi connectivity index (χ3v) is 2.70. The molecule has 0 spiro atoms. The molecule has 0 saturated carbocycles. The Labute approximate surface area is 101 Å². The molecular weight excluding hydrogens is 245 g/mol. The molecule has 0 aromatic carbocycles. The fraction of sp³-hybridized carbons (Fsp3) is 0.273. The van der Waals surface area contributed by atoms with Crippen LogP contribution < -0.4 is 5.73 Å². The maximum atomic E-state index is 12.4. The first-order valence-corrected chi connectivity index (χ1v) is 5.16. The minimum absolute atomic E-state index is 0.261. The zero-order chi connectivity index (χ0) is 13.5. The number of hydrogen-bond donors (Lipinski definition) is 1. The van der Waals surface area contributed by atoms with Gasteiger partial charge in [0.25, 0.3) is 0 Å². The number of hydrogen-bond acceptors (Lipinski definition) is 3. The van der Waals surface area contributed by atoms with Crippen LogP contribution >= 0.6 is 0 Å². The summed E-state index contributed by atoms with van der Waals surface area (Å²) < 4.78 is 38.5. The van der Waals surface area contributed by atoms with E-state index < -0.39 is 11.7 Å². The second-order valence-corrected chi connectivity index (χ2v) is 3.91. The first-order chi connectivity index (χ1) is 8.30.